The Hall–Kier alpha value is -2.90. The lowest BCUT2D eigenvalue weighted by atomic mass is 9.86. The van der Waals surface area contributed by atoms with Crippen molar-refractivity contribution < 1.29 is 0 Å². The molecule has 3 aromatic rings. The molecule has 2 aromatic heterocycles. The average molecular weight is 477 g/mol. The first-order chi connectivity index (χ1) is 14.8. The van der Waals surface area contributed by atoms with Crippen LogP contribution < -0.4 is 4.90 Å². The minimum atomic E-state index is -0.527. The number of nitriles is 2. The van der Waals surface area contributed by atoms with Crippen LogP contribution in [0.4, 0.5) is 5.82 Å². The zero-order chi connectivity index (χ0) is 22.3. The summed E-state index contributed by atoms with van der Waals surface area (Å²) < 4.78 is 3.26. The van der Waals surface area contributed by atoms with E-state index in [1.807, 2.05) is 6.92 Å². The Morgan fingerprint density at radius 2 is 1.61 bits per heavy atom. The van der Waals surface area contributed by atoms with Crippen LogP contribution in [-0.2, 0) is 0 Å². The van der Waals surface area contributed by atoms with Crippen LogP contribution in [0.15, 0.2) is 22.8 Å². The Morgan fingerprint density at radius 3 is 2.19 bits per heavy atom. The molecule has 0 unspecified atom stereocenters. The van der Waals surface area contributed by atoms with E-state index < -0.39 is 5.92 Å². The summed E-state index contributed by atoms with van der Waals surface area (Å²) in [5.74, 6) is 1.29. The molecule has 0 aliphatic carbocycles. The van der Waals surface area contributed by atoms with Crippen LogP contribution in [0.1, 0.15) is 35.4 Å². The predicted molar refractivity (Wildman–Crippen MR) is 125 cm³/mol. The van der Waals surface area contributed by atoms with Crippen molar-refractivity contribution in [2.75, 3.05) is 18.0 Å². The van der Waals surface area contributed by atoms with Gasteiger partial charge in [-0.25, -0.2) is 9.97 Å². The van der Waals surface area contributed by atoms with Gasteiger partial charge < -0.3 is 9.47 Å². The smallest absolute Gasteiger partial charge is 0.150 e. The van der Waals surface area contributed by atoms with Gasteiger partial charge in [0.1, 0.15) is 17.6 Å². The molecule has 0 spiro atoms. The lowest BCUT2D eigenvalue weighted by molar-refractivity contribution is 0.366. The highest BCUT2D eigenvalue weighted by Crippen LogP contribution is 2.35. The molecule has 158 valence electrons. The molecule has 0 amide bonds. The van der Waals surface area contributed by atoms with E-state index >= 15 is 0 Å². The summed E-state index contributed by atoms with van der Waals surface area (Å²) in [5.41, 5.74) is 5.57. The standard InChI is InChI=1S/C24H25BrN6/c1-14-9-20(25)10-15(2)22(14)31-13-16(3)21-23(28-17(4)29-24(21)31)30-7-5-18(6-8-30)19(11-26)12-27/h9-10,13,18-19H,5-8H2,1-4H3. The monoisotopic (exact) mass is 476 g/mol. The minimum absolute atomic E-state index is 0.128. The van der Waals surface area contributed by atoms with Gasteiger partial charge in [0.2, 0.25) is 0 Å². The van der Waals surface area contributed by atoms with Crippen molar-refractivity contribution in [3.05, 3.63) is 45.3 Å². The quantitative estimate of drug-likeness (QED) is 0.512. The number of hydrogen-bond acceptors (Lipinski definition) is 5. The van der Waals surface area contributed by atoms with E-state index in [1.54, 1.807) is 0 Å². The Morgan fingerprint density at radius 1 is 1.00 bits per heavy atom. The molecule has 0 N–H and O–H groups in total. The second-order valence-electron chi connectivity index (χ2n) is 8.42. The van der Waals surface area contributed by atoms with Crippen molar-refractivity contribution in [2.45, 2.75) is 40.5 Å². The number of benzene rings is 1. The summed E-state index contributed by atoms with van der Waals surface area (Å²) in [5, 5.41) is 19.5. The number of anilines is 1. The van der Waals surface area contributed by atoms with Crippen LogP contribution in [0.25, 0.3) is 16.7 Å². The van der Waals surface area contributed by atoms with Crippen molar-refractivity contribution in [3.63, 3.8) is 0 Å². The Bertz CT molecular complexity index is 1200. The van der Waals surface area contributed by atoms with E-state index in [0.717, 1.165) is 64.3 Å². The summed E-state index contributed by atoms with van der Waals surface area (Å²) >= 11 is 3.59. The SMILES string of the molecule is Cc1nc(N2CCC(C(C#N)C#N)CC2)c2c(C)cn(-c3c(C)cc(Br)cc3C)c2n1. The lowest BCUT2D eigenvalue weighted by Gasteiger charge is -2.33. The maximum Gasteiger partial charge on any atom is 0.150 e. The number of aryl methyl sites for hydroxylation is 4. The summed E-state index contributed by atoms with van der Waals surface area (Å²) in [7, 11) is 0. The van der Waals surface area contributed by atoms with E-state index in [0.29, 0.717) is 0 Å². The predicted octanol–water partition coefficient (Wildman–Crippen LogP) is 5.30. The molecule has 7 heteroatoms. The average Bonchev–Trinajstić information content (AvgIpc) is 3.04. The fraction of sp³-hybridized carbons (Fsp3) is 0.417. The van der Waals surface area contributed by atoms with Crippen molar-refractivity contribution in [1.82, 2.24) is 14.5 Å². The second-order valence-corrected chi connectivity index (χ2v) is 9.34. The summed E-state index contributed by atoms with van der Waals surface area (Å²) in [4.78, 5) is 11.9. The van der Waals surface area contributed by atoms with Crippen molar-refractivity contribution in [2.24, 2.45) is 11.8 Å². The van der Waals surface area contributed by atoms with Crippen LogP contribution >= 0.6 is 15.9 Å². The van der Waals surface area contributed by atoms with Gasteiger partial charge in [-0.3, -0.25) is 0 Å². The summed E-state index contributed by atoms with van der Waals surface area (Å²) in [6, 6.07) is 8.55. The van der Waals surface area contributed by atoms with Crippen molar-refractivity contribution >= 4 is 32.8 Å². The normalized spacial score (nSPS) is 14.8. The molecule has 1 aromatic carbocycles. The van der Waals surface area contributed by atoms with E-state index in [-0.39, 0.29) is 5.92 Å². The Labute approximate surface area is 191 Å². The largest absolute Gasteiger partial charge is 0.356 e. The molecule has 1 saturated heterocycles. The summed E-state index contributed by atoms with van der Waals surface area (Å²) in [6.07, 6.45) is 3.79. The Balaban J connectivity index is 1.79. The maximum atomic E-state index is 9.24. The second kappa shape index (κ2) is 8.32. The number of halogens is 1. The van der Waals surface area contributed by atoms with Gasteiger partial charge in [0.25, 0.3) is 0 Å². The molecule has 1 aliphatic rings. The van der Waals surface area contributed by atoms with E-state index in [2.05, 4.69) is 76.6 Å². The van der Waals surface area contributed by atoms with Gasteiger partial charge in [0.05, 0.1) is 23.2 Å². The van der Waals surface area contributed by atoms with Crippen molar-refractivity contribution in [1.29, 1.82) is 10.5 Å². The van der Waals surface area contributed by atoms with E-state index in [1.165, 1.54) is 11.1 Å². The molecular formula is C24H25BrN6. The first-order valence-electron chi connectivity index (χ1n) is 10.5. The first-order valence-corrected chi connectivity index (χ1v) is 11.3. The van der Waals surface area contributed by atoms with Gasteiger partial charge in [-0.1, -0.05) is 15.9 Å². The Kier molecular flexibility index (Phi) is 5.73. The van der Waals surface area contributed by atoms with Gasteiger partial charge in [-0.15, -0.1) is 0 Å². The van der Waals surface area contributed by atoms with Gasteiger partial charge in [-0.2, -0.15) is 10.5 Å². The molecule has 31 heavy (non-hydrogen) atoms. The molecule has 0 bridgehead atoms. The van der Waals surface area contributed by atoms with Crippen LogP contribution in [0.2, 0.25) is 0 Å². The third-order valence-electron chi connectivity index (χ3n) is 6.21. The highest BCUT2D eigenvalue weighted by molar-refractivity contribution is 9.10. The van der Waals surface area contributed by atoms with Crippen LogP contribution in [0, 0.1) is 62.2 Å². The maximum absolute atomic E-state index is 9.24. The zero-order valence-electron chi connectivity index (χ0n) is 18.3. The molecule has 0 radical (unpaired) electrons. The number of piperidine rings is 1. The fourth-order valence-electron chi connectivity index (χ4n) is 4.76. The van der Waals surface area contributed by atoms with Gasteiger partial charge in [-0.05, 0) is 75.3 Å². The lowest BCUT2D eigenvalue weighted by Crippen LogP contribution is -2.36. The highest BCUT2D eigenvalue weighted by atomic mass is 79.9. The third kappa shape index (κ3) is 3.79. The number of nitrogens with zero attached hydrogens (tertiary/aromatic N) is 6. The molecule has 1 fully saturated rings. The van der Waals surface area contributed by atoms with Gasteiger partial charge in [0.15, 0.2) is 5.65 Å². The van der Waals surface area contributed by atoms with E-state index in [4.69, 9.17) is 9.97 Å². The number of aromatic nitrogens is 3. The van der Waals surface area contributed by atoms with Crippen LogP contribution in [0.5, 0.6) is 0 Å². The molecular weight excluding hydrogens is 452 g/mol. The topological polar surface area (TPSA) is 81.5 Å². The van der Waals surface area contributed by atoms with Crippen LogP contribution in [0.3, 0.4) is 0 Å². The van der Waals surface area contributed by atoms with Crippen LogP contribution in [-0.4, -0.2) is 27.6 Å². The molecule has 0 saturated carbocycles. The first kappa shape index (κ1) is 21.3. The summed E-state index contributed by atoms with van der Waals surface area (Å²) in [6.45, 7) is 9.86. The van der Waals surface area contributed by atoms with Crippen molar-refractivity contribution in [3.8, 4) is 17.8 Å². The number of hydrogen-bond donors (Lipinski definition) is 0. The molecule has 0 atom stereocenters. The molecule has 6 nitrogen and oxygen atoms in total. The highest BCUT2D eigenvalue weighted by Gasteiger charge is 2.29. The van der Waals surface area contributed by atoms with Gasteiger partial charge in [0, 0.05) is 23.8 Å². The molecule has 1 aliphatic heterocycles. The minimum Gasteiger partial charge on any atom is -0.356 e. The van der Waals surface area contributed by atoms with Gasteiger partial charge >= 0.3 is 0 Å². The van der Waals surface area contributed by atoms with E-state index in [9.17, 15) is 10.5 Å². The fourth-order valence-corrected chi connectivity index (χ4v) is 5.44. The molecule has 3 heterocycles. The zero-order valence-corrected chi connectivity index (χ0v) is 19.9. The molecule has 4 rings (SSSR count). The number of rotatable bonds is 3. The third-order valence-corrected chi connectivity index (χ3v) is 6.67. The number of fused-ring (bicyclic) bond motifs is 1.